The molecule has 0 fully saturated rings. The number of carbonyl (C=O) groups excluding carboxylic acids is 1. The molecular formula is C33H32IrN2O3P-. The van der Waals surface area contributed by atoms with Crippen molar-refractivity contribution in [1.29, 1.82) is 0 Å². The Bertz CT molecular complexity index is 1600. The van der Waals surface area contributed by atoms with Crippen LogP contribution in [0.3, 0.4) is 0 Å². The fraction of sp³-hybridized carbons (Fsp3) is 0.242. The van der Waals surface area contributed by atoms with Crippen LogP contribution in [0.4, 0.5) is 0 Å². The Morgan fingerprint density at radius 1 is 0.900 bits per heavy atom. The van der Waals surface area contributed by atoms with Gasteiger partial charge in [0.15, 0.2) is 5.78 Å². The van der Waals surface area contributed by atoms with Crippen LogP contribution in [0, 0.1) is 6.07 Å². The van der Waals surface area contributed by atoms with E-state index >= 15 is 4.57 Å². The van der Waals surface area contributed by atoms with Gasteiger partial charge in [-0.3, -0.25) is 9.78 Å². The number of rotatable bonds is 2. The number of carbonyl (C=O) groups is 1. The molecule has 0 spiro atoms. The van der Waals surface area contributed by atoms with E-state index in [-0.39, 0.29) is 42.5 Å². The van der Waals surface area contributed by atoms with Crippen LogP contribution in [-0.2, 0) is 40.3 Å². The first kappa shape index (κ1) is 29.8. The van der Waals surface area contributed by atoms with Crippen molar-refractivity contribution in [3.8, 4) is 11.3 Å². The Labute approximate surface area is 249 Å². The predicted octanol–water partition coefficient (Wildman–Crippen LogP) is 5.90. The first-order chi connectivity index (χ1) is 18.4. The van der Waals surface area contributed by atoms with Crippen LogP contribution >= 0.6 is 7.14 Å². The zero-order valence-electron chi connectivity index (χ0n) is 23.4. The van der Waals surface area contributed by atoms with Gasteiger partial charge in [0.05, 0.1) is 5.76 Å². The third kappa shape index (κ3) is 4.63. The van der Waals surface area contributed by atoms with Crippen LogP contribution in [0.15, 0.2) is 85.0 Å². The fourth-order valence-corrected chi connectivity index (χ4v) is 9.96. The van der Waals surface area contributed by atoms with Crippen molar-refractivity contribution in [2.45, 2.75) is 52.4 Å². The Morgan fingerprint density at radius 2 is 1.48 bits per heavy atom. The van der Waals surface area contributed by atoms with Crippen molar-refractivity contribution in [1.82, 2.24) is 9.97 Å². The number of ketones is 1. The number of hydrogen-bond acceptors (Lipinski definition) is 5. The molecule has 2 aliphatic heterocycles. The summed E-state index contributed by atoms with van der Waals surface area (Å²) in [6.07, 6.45) is 6.33. The van der Waals surface area contributed by atoms with E-state index in [0.717, 1.165) is 49.4 Å². The summed E-state index contributed by atoms with van der Waals surface area (Å²) < 4.78 is 15.3. The third-order valence-electron chi connectivity index (χ3n) is 7.74. The summed E-state index contributed by atoms with van der Waals surface area (Å²) in [6, 6.07) is 22.3. The van der Waals surface area contributed by atoms with E-state index in [2.05, 4.69) is 80.1 Å². The topological polar surface area (TPSA) is 80.2 Å². The molecule has 7 heteroatoms. The van der Waals surface area contributed by atoms with Gasteiger partial charge in [-0.15, -0.1) is 28.8 Å². The molecule has 0 amide bonds. The molecule has 1 atom stereocenters. The minimum atomic E-state index is -3.05. The quantitative estimate of drug-likeness (QED) is 0.121. The van der Waals surface area contributed by atoms with Gasteiger partial charge in [-0.2, -0.15) is 0 Å². The summed E-state index contributed by atoms with van der Waals surface area (Å²) >= 11 is 0. The molecule has 0 aliphatic carbocycles. The Hall–Kier alpha value is -3.17. The monoisotopic (exact) mass is 728 g/mol. The summed E-state index contributed by atoms with van der Waals surface area (Å²) in [7, 11) is -3.05. The second-order valence-electron chi connectivity index (χ2n) is 11.2. The molecular weight excluding hydrogens is 696 g/mol. The molecule has 0 saturated carbocycles. The Balaban J connectivity index is 0.000000413. The first-order valence-corrected chi connectivity index (χ1v) is 14.7. The molecule has 0 saturated heterocycles. The van der Waals surface area contributed by atoms with Gasteiger partial charge < -0.3 is 14.7 Å². The SMILES string of the molecule is CC(=O)/C=C(/C)O.CC1(C)c2[c-]c(-c3cnccn3)cc3c2P(=O)(c2ccccc21)c1ccccc1C3(C)C.[Ir]. The molecule has 1 radical (unpaired) electrons. The summed E-state index contributed by atoms with van der Waals surface area (Å²) in [6.45, 7) is 11.8. The minimum absolute atomic E-state index is 0. The summed E-state index contributed by atoms with van der Waals surface area (Å²) in [5.41, 5.74) is 5.41. The van der Waals surface area contributed by atoms with Gasteiger partial charge in [0.1, 0.15) is 7.14 Å². The van der Waals surface area contributed by atoms with Gasteiger partial charge in [0, 0.05) is 61.1 Å². The number of fused-ring (bicyclic) bond motifs is 4. The molecule has 40 heavy (non-hydrogen) atoms. The molecule has 3 aromatic carbocycles. The number of benzene rings is 3. The smallest absolute Gasteiger partial charge is 0.155 e. The molecule has 3 heterocycles. The van der Waals surface area contributed by atoms with Crippen LogP contribution < -0.4 is 15.9 Å². The maximum atomic E-state index is 15.3. The largest absolute Gasteiger partial charge is 0.512 e. The summed E-state index contributed by atoms with van der Waals surface area (Å²) in [4.78, 5) is 18.8. The number of aliphatic hydroxyl groups is 1. The van der Waals surface area contributed by atoms with Crippen LogP contribution in [0.1, 0.15) is 63.8 Å². The molecule has 1 N–H and O–H groups in total. The predicted molar refractivity (Wildman–Crippen MR) is 157 cm³/mol. The van der Waals surface area contributed by atoms with E-state index in [1.165, 1.54) is 19.9 Å². The molecule has 5 nitrogen and oxygen atoms in total. The van der Waals surface area contributed by atoms with Crippen molar-refractivity contribution in [3.05, 3.63) is 113 Å². The van der Waals surface area contributed by atoms with E-state index in [0.29, 0.717) is 0 Å². The van der Waals surface area contributed by atoms with Crippen molar-refractivity contribution in [2.24, 2.45) is 0 Å². The molecule has 0 bridgehead atoms. The molecule has 6 rings (SSSR count). The van der Waals surface area contributed by atoms with E-state index in [1.807, 2.05) is 18.2 Å². The molecule has 1 unspecified atom stereocenters. The van der Waals surface area contributed by atoms with Crippen molar-refractivity contribution in [3.63, 3.8) is 0 Å². The number of allylic oxidation sites excluding steroid dienone is 2. The van der Waals surface area contributed by atoms with Gasteiger partial charge in [-0.1, -0.05) is 81.5 Å². The Morgan fingerprint density at radius 3 is 1.98 bits per heavy atom. The van der Waals surface area contributed by atoms with Crippen molar-refractivity contribution < 1.29 is 34.6 Å². The van der Waals surface area contributed by atoms with Crippen LogP contribution in [0.25, 0.3) is 11.3 Å². The molecule has 4 aromatic rings. The molecule has 207 valence electrons. The van der Waals surface area contributed by atoms with Crippen LogP contribution in [0.2, 0.25) is 0 Å². The third-order valence-corrected chi connectivity index (χ3v) is 11.0. The molecule has 2 aliphatic rings. The second kappa shape index (κ2) is 10.7. The van der Waals surface area contributed by atoms with Gasteiger partial charge in [0.2, 0.25) is 0 Å². The normalized spacial score (nSPS) is 19.0. The number of hydrogen-bond donors (Lipinski definition) is 1. The van der Waals surface area contributed by atoms with E-state index in [4.69, 9.17) is 5.11 Å². The maximum Gasteiger partial charge on any atom is 0.155 e. The van der Waals surface area contributed by atoms with Crippen molar-refractivity contribution >= 4 is 28.8 Å². The Kier molecular flexibility index (Phi) is 7.95. The maximum absolute atomic E-state index is 15.3. The minimum Gasteiger partial charge on any atom is -0.512 e. The van der Waals surface area contributed by atoms with Crippen LogP contribution in [-0.4, -0.2) is 20.9 Å². The number of aromatic nitrogens is 2. The van der Waals surface area contributed by atoms with E-state index in [9.17, 15) is 4.79 Å². The average molecular weight is 728 g/mol. The van der Waals surface area contributed by atoms with Gasteiger partial charge in [-0.05, 0) is 35.8 Å². The summed E-state index contributed by atoms with van der Waals surface area (Å²) in [5.74, 6) is -0.0625. The molecule has 1 aromatic heterocycles. The zero-order valence-corrected chi connectivity index (χ0v) is 26.7. The number of aliphatic hydroxyl groups excluding tert-OH is 1. The standard InChI is InChI=1S/C28H24N2OP.C5H8O2.Ir/c1-27(2)19-9-5-7-11-24(19)32(31)25-12-8-6-10-20(25)28(3,4)22-16-18(15-21(27)26(22)32)23-17-29-13-14-30-23;1-4(6)3-5(2)7;/h5-15,17H,1-4H3;3,6H,1-2H3;/q-1;;/b;4-3-;. The summed E-state index contributed by atoms with van der Waals surface area (Å²) in [5, 5.41) is 11.3. The van der Waals surface area contributed by atoms with E-state index in [1.54, 1.807) is 18.6 Å². The van der Waals surface area contributed by atoms with Crippen LogP contribution in [0.5, 0.6) is 0 Å². The van der Waals surface area contributed by atoms with Gasteiger partial charge in [-0.25, -0.2) is 0 Å². The van der Waals surface area contributed by atoms with E-state index < -0.39 is 7.14 Å². The fourth-order valence-electron chi connectivity index (χ4n) is 5.91. The zero-order chi connectivity index (χ0) is 28.2. The number of nitrogens with zero attached hydrogens (tertiary/aromatic N) is 2. The first-order valence-electron chi connectivity index (χ1n) is 13.0. The van der Waals surface area contributed by atoms with Crippen molar-refractivity contribution in [2.75, 3.05) is 0 Å². The average Bonchev–Trinajstić information content (AvgIpc) is 2.91. The van der Waals surface area contributed by atoms with Gasteiger partial charge in [0.25, 0.3) is 0 Å². The second-order valence-corrected chi connectivity index (χ2v) is 13.8. The van der Waals surface area contributed by atoms with Gasteiger partial charge >= 0.3 is 0 Å².